The second-order valence-corrected chi connectivity index (χ2v) is 10.6. The van der Waals surface area contributed by atoms with Crippen molar-refractivity contribution >= 4 is 21.6 Å². The largest absolute Gasteiger partial charge is 0.497 e. The van der Waals surface area contributed by atoms with E-state index in [1.54, 1.807) is 24.3 Å². The van der Waals surface area contributed by atoms with Gasteiger partial charge in [-0.1, -0.05) is 23.8 Å². The third-order valence-corrected chi connectivity index (χ3v) is 7.71. The maximum absolute atomic E-state index is 13.6. The summed E-state index contributed by atoms with van der Waals surface area (Å²) in [6.07, 6.45) is -1.02. The minimum absolute atomic E-state index is 0.0960. The lowest BCUT2D eigenvalue weighted by Gasteiger charge is -2.35. The molecular formula is C27H30N2O6S. The summed E-state index contributed by atoms with van der Waals surface area (Å²) in [4.78, 5) is 13.1. The van der Waals surface area contributed by atoms with E-state index in [1.807, 2.05) is 45.0 Å². The van der Waals surface area contributed by atoms with Crippen LogP contribution >= 0.6 is 0 Å². The van der Waals surface area contributed by atoms with Crippen molar-refractivity contribution in [3.05, 3.63) is 77.4 Å². The predicted molar refractivity (Wildman–Crippen MR) is 138 cm³/mol. The Morgan fingerprint density at radius 1 is 1.03 bits per heavy atom. The van der Waals surface area contributed by atoms with E-state index in [0.717, 1.165) is 22.4 Å². The number of anilines is 1. The summed E-state index contributed by atoms with van der Waals surface area (Å²) in [7, 11) is -2.45. The third kappa shape index (κ3) is 5.41. The molecule has 8 nitrogen and oxygen atoms in total. The Labute approximate surface area is 211 Å². The van der Waals surface area contributed by atoms with Crippen LogP contribution in [0.5, 0.6) is 17.2 Å². The quantitative estimate of drug-likeness (QED) is 0.464. The standard InChI is InChI=1S/C27H30N2O6S/c1-18-5-11-24(20(3)15-18)34-14-13-28-27(30)26-17-29(23-16-19(2)6-12-25(23)35-26)36(31,32)22-9-7-21(33-4)8-10-22/h5-12,15-16,26H,13-14,17H2,1-4H3,(H,28,30)/t26-/m0/s1. The van der Waals surface area contributed by atoms with Gasteiger partial charge in [-0.05, 0) is 74.4 Å². The molecule has 0 aromatic heterocycles. The maximum Gasteiger partial charge on any atom is 0.264 e. The van der Waals surface area contributed by atoms with E-state index >= 15 is 0 Å². The lowest BCUT2D eigenvalue weighted by Crippen LogP contribution is -2.51. The van der Waals surface area contributed by atoms with Crippen molar-refractivity contribution in [2.75, 3.05) is 31.1 Å². The topological polar surface area (TPSA) is 94.2 Å². The Morgan fingerprint density at radius 2 is 1.72 bits per heavy atom. The first-order chi connectivity index (χ1) is 17.2. The van der Waals surface area contributed by atoms with E-state index in [1.165, 1.54) is 23.5 Å². The van der Waals surface area contributed by atoms with Gasteiger partial charge in [0.2, 0.25) is 0 Å². The molecule has 3 aromatic carbocycles. The van der Waals surface area contributed by atoms with Crippen LogP contribution in [0.1, 0.15) is 16.7 Å². The van der Waals surface area contributed by atoms with Crippen molar-refractivity contribution in [2.45, 2.75) is 31.8 Å². The van der Waals surface area contributed by atoms with Crippen LogP contribution in [0.2, 0.25) is 0 Å². The fraction of sp³-hybridized carbons (Fsp3) is 0.296. The summed E-state index contributed by atoms with van der Waals surface area (Å²) in [5, 5.41) is 2.80. The van der Waals surface area contributed by atoms with Gasteiger partial charge in [-0.15, -0.1) is 0 Å². The SMILES string of the molecule is COc1ccc(S(=O)(=O)N2C[C@@H](C(=O)NCCOc3ccc(C)cc3C)Oc3ccc(C)cc32)cc1. The molecule has 0 fully saturated rings. The number of sulfonamides is 1. The van der Waals surface area contributed by atoms with Crippen LogP contribution in [0.3, 0.4) is 0 Å². The molecule has 1 aliphatic rings. The average molecular weight is 511 g/mol. The Balaban J connectivity index is 1.49. The van der Waals surface area contributed by atoms with E-state index in [9.17, 15) is 13.2 Å². The van der Waals surface area contributed by atoms with Crippen LogP contribution in [-0.2, 0) is 14.8 Å². The van der Waals surface area contributed by atoms with E-state index < -0.39 is 22.0 Å². The van der Waals surface area contributed by atoms with Gasteiger partial charge in [0.25, 0.3) is 15.9 Å². The number of carbonyl (C=O) groups excluding carboxylic acids is 1. The van der Waals surface area contributed by atoms with Crippen LogP contribution in [-0.4, -0.2) is 47.2 Å². The highest BCUT2D eigenvalue weighted by Crippen LogP contribution is 2.38. The van der Waals surface area contributed by atoms with Crippen LogP contribution < -0.4 is 23.8 Å². The number of benzene rings is 3. The zero-order chi connectivity index (χ0) is 25.9. The number of fused-ring (bicyclic) bond motifs is 1. The molecule has 0 spiro atoms. The van der Waals surface area contributed by atoms with Gasteiger partial charge >= 0.3 is 0 Å². The fourth-order valence-electron chi connectivity index (χ4n) is 4.01. The number of ether oxygens (including phenoxy) is 3. The molecule has 1 N–H and O–H groups in total. The molecule has 0 saturated carbocycles. The van der Waals surface area contributed by atoms with E-state index in [2.05, 4.69) is 5.32 Å². The molecule has 4 rings (SSSR count). The molecule has 0 aliphatic carbocycles. The number of methoxy groups -OCH3 is 1. The lowest BCUT2D eigenvalue weighted by molar-refractivity contribution is -0.127. The monoisotopic (exact) mass is 510 g/mol. The Morgan fingerprint density at radius 3 is 2.42 bits per heavy atom. The Hall–Kier alpha value is -3.72. The van der Waals surface area contributed by atoms with Crippen molar-refractivity contribution < 1.29 is 27.4 Å². The Kier molecular flexibility index (Phi) is 7.40. The highest BCUT2D eigenvalue weighted by atomic mass is 32.2. The van der Waals surface area contributed by atoms with Gasteiger partial charge in [0.05, 0.1) is 30.8 Å². The van der Waals surface area contributed by atoms with Gasteiger partial charge in [-0.3, -0.25) is 9.10 Å². The lowest BCUT2D eigenvalue weighted by atomic mass is 10.1. The van der Waals surface area contributed by atoms with Crippen molar-refractivity contribution in [2.24, 2.45) is 0 Å². The Bertz CT molecular complexity index is 1360. The van der Waals surface area contributed by atoms with Crippen molar-refractivity contribution in [3.8, 4) is 17.2 Å². The molecule has 1 heterocycles. The second-order valence-electron chi connectivity index (χ2n) is 8.70. The summed E-state index contributed by atoms with van der Waals surface area (Å²) in [6.45, 7) is 6.21. The van der Waals surface area contributed by atoms with E-state index in [4.69, 9.17) is 14.2 Å². The number of aryl methyl sites for hydroxylation is 3. The molecule has 0 saturated heterocycles. The van der Waals surface area contributed by atoms with E-state index in [-0.39, 0.29) is 24.6 Å². The first-order valence-electron chi connectivity index (χ1n) is 11.6. The molecule has 0 bridgehead atoms. The minimum atomic E-state index is -3.96. The van der Waals surface area contributed by atoms with Gasteiger partial charge in [-0.2, -0.15) is 0 Å². The summed E-state index contributed by atoms with van der Waals surface area (Å²) >= 11 is 0. The molecule has 190 valence electrons. The summed E-state index contributed by atoms with van der Waals surface area (Å²) in [5.74, 6) is 1.22. The van der Waals surface area contributed by atoms with Gasteiger partial charge in [0.15, 0.2) is 6.10 Å². The maximum atomic E-state index is 13.6. The summed E-state index contributed by atoms with van der Waals surface area (Å²) < 4.78 is 45.2. The molecule has 3 aromatic rings. The fourth-order valence-corrected chi connectivity index (χ4v) is 5.48. The van der Waals surface area contributed by atoms with Crippen LogP contribution in [0.25, 0.3) is 0 Å². The van der Waals surface area contributed by atoms with Gasteiger partial charge in [0, 0.05) is 0 Å². The van der Waals surface area contributed by atoms with Gasteiger partial charge in [-0.25, -0.2) is 8.42 Å². The average Bonchev–Trinajstić information content (AvgIpc) is 2.86. The number of hydrogen-bond acceptors (Lipinski definition) is 6. The first-order valence-corrected chi connectivity index (χ1v) is 13.0. The van der Waals surface area contributed by atoms with Crippen molar-refractivity contribution in [3.63, 3.8) is 0 Å². The van der Waals surface area contributed by atoms with Crippen LogP contribution in [0.15, 0.2) is 65.6 Å². The molecule has 1 atom stereocenters. The molecule has 0 unspecified atom stereocenters. The number of nitrogens with zero attached hydrogens (tertiary/aromatic N) is 1. The minimum Gasteiger partial charge on any atom is -0.497 e. The second kappa shape index (κ2) is 10.5. The predicted octanol–water partition coefficient (Wildman–Crippen LogP) is 3.77. The van der Waals surface area contributed by atoms with Gasteiger partial charge in [0.1, 0.15) is 23.9 Å². The number of rotatable bonds is 8. The van der Waals surface area contributed by atoms with Gasteiger partial charge < -0.3 is 19.5 Å². The smallest absolute Gasteiger partial charge is 0.264 e. The number of carbonyl (C=O) groups is 1. The first kappa shape index (κ1) is 25.4. The molecular weight excluding hydrogens is 480 g/mol. The van der Waals surface area contributed by atoms with Crippen molar-refractivity contribution in [1.82, 2.24) is 5.32 Å². The number of nitrogens with one attached hydrogen (secondary N) is 1. The van der Waals surface area contributed by atoms with Crippen LogP contribution in [0.4, 0.5) is 5.69 Å². The highest BCUT2D eigenvalue weighted by Gasteiger charge is 2.37. The zero-order valence-electron chi connectivity index (χ0n) is 20.8. The summed E-state index contributed by atoms with van der Waals surface area (Å²) in [5.41, 5.74) is 3.43. The molecule has 1 amide bonds. The normalized spacial score (nSPS) is 15.0. The molecule has 36 heavy (non-hydrogen) atoms. The van der Waals surface area contributed by atoms with Crippen molar-refractivity contribution in [1.29, 1.82) is 0 Å². The van der Waals surface area contributed by atoms with E-state index in [0.29, 0.717) is 17.2 Å². The molecule has 1 aliphatic heterocycles. The molecule has 9 heteroatoms. The number of hydrogen-bond donors (Lipinski definition) is 1. The van der Waals surface area contributed by atoms with Crippen LogP contribution in [0, 0.1) is 20.8 Å². The summed E-state index contributed by atoms with van der Waals surface area (Å²) in [6, 6.07) is 17.3. The zero-order valence-corrected chi connectivity index (χ0v) is 21.6. The highest BCUT2D eigenvalue weighted by molar-refractivity contribution is 7.92. The number of amides is 1. The third-order valence-electron chi connectivity index (χ3n) is 5.91. The molecule has 0 radical (unpaired) electrons.